The van der Waals surface area contributed by atoms with Crippen molar-refractivity contribution in [3.05, 3.63) is 12.2 Å². The highest BCUT2D eigenvalue weighted by molar-refractivity contribution is 5.90. The fourth-order valence-electron chi connectivity index (χ4n) is 2.22. The monoisotopic (exact) mass is 295 g/mol. The molecule has 1 aromatic rings. The molecular weight excluding hydrogens is 270 g/mol. The summed E-state index contributed by atoms with van der Waals surface area (Å²) >= 11 is 0. The minimum atomic E-state index is -0.162. The lowest BCUT2D eigenvalue weighted by Crippen LogP contribution is -2.49. The van der Waals surface area contributed by atoms with E-state index in [1.165, 1.54) is 0 Å². The van der Waals surface area contributed by atoms with E-state index in [9.17, 15) is 4.79 Å². The summed E-state index contributed by atoms with van der Waals surface area (Å²) in [4.78, 5) is 20.7. The maximum atomic E-state index is 12.4. The van der Waals surface area contributed by atoms with Crippen LogP contribution in [0.1, 0.15) is 31.4 Å². The summed E-state index contributed by atoms with van der Waals surface area (Å²) in [7, 11) is 1.71. The fraction of sp³-hybridized carbons (Fsp3) is 0.786. The molecule has 7 nitrogen and oxygen atoms in total. The first-order valence-corrected chi connectivity index (χ1v) is 7.34. The molecule has 0 aromatic carbocycles. The standard InChI is InChI=1S/C14H25N5O2/c1-14(2,3)19-11-15-12(16-19)13(20)18-7-5-17(6-8-18)9-10-21-4/h11H,5-10H2,1-4H3. The van der Waals surface area contributed by atoms with E-state index in [-0.39, 0.29) is 17.3 Å². The number of rotatable bonds is 4. The van der Waals surface area contributed by atoms with Crippen molar-refractivity contribution >= 4 is 5.91 Å². The van der Waals surface area contributed by atoms with Crippen LogP contribution in [-0.4, -0.2) is 76.9 Å². The zero-order valence-electron chi connectivity index (χ0n) is 13.4. The van der Waals surface area contributed by atoms with Crippen LogP contribution in [0.5, 0.6) is 0 Å². The number of nitrogens with zero attached hydrogens (tertiary/aromatic N) is 5. The number of carbonyl (C=O) groups excluding carboxylic acids is 1. The third-order valence-corrected chi connectivity index (χ3v) is 3.64. The number of methoxy groups -OCH3 is 1. The lowest BCUT2D eigenvalue weighted by Gasteiger charge is -2.33. The summed E-state index contributed by atoms with van der Waals surface area (Å²) in [6.07, 6.45) is 1.63. The van der Waals surface area contributed by atoms with E-state index in [0.29, 0.717) is 13.1 Å². The van der Waals surface area contributed by atoms with Gasteiger partial charge in [-0.25, -0.2) is 9.67 Å². The molecule has 1 fully saturated rings. The van der Waals surface area contributed by atoms with Gasteiger partial charge in [0.1, 0.15) is 6.33 Å². The average Bonchev–Trinajstić information content (AvgIpc) is 2.95. The summed E-state index contributed by atoms with van der Waals surface area (Å²) in [6, 6.07) is 0. The lowest BCUT2D eigenvalue weighted by atomic mass is 10.1. The van der Waals surface area contributed by atoms with Gasteiger partial charge in [-0.05, 0) is 20.8 Å². The minimum Gasteiger partial charge on any atom is -0.383 e. The molecule has 1 amide bonds. The van der Waals surface area contributed by atoms with Crippen molar-refractivity contribution in [3.63, 3.8) is 0 Å². The van der Waals surface area contributed by atoms with Gasteiger partial charge in [0.05, 0.1) is 12.1 Å². The lowest BCUT2D eigenvalue weighted by molar-refractivity contribution is 0.0582. The van der Waals surface area contributed by atoms with Crippen LogP contribution >= 0.6 is 0 Å². The van der Waals surface area contributed by atoms with E-state index >= 15 is 0 Å². The predicted molar refractivity (Wildman–Crippen MR) is 79.2 cm³/mol. The van der Waals surface area contributed by atoms with Gasteiger partial charge in [-0.3, -0.25) is 9.69 Å². The zero-order chi connectivity index (χ0) is 15.5. The van der Waals surface area contributed by atoms with Gasteiger partial charge in [-0.1, -0.05) is 0 Å². The van der Waals surface area contributed by atoms with Crippen molar-refractivity contribution in [2.75, 3.05) is 46.4 Å². The van der Waals surface area contributed by atoms with Crippen molar-refractivity contribution in [3.8, 4) is 0 Å². The summed E-state index contributed by atoms with van der Waals surface area (Å²) < 4.78 is 6.81. The molecule has 0 unspecified atom stereocenters. The van der Waals surface area contributed by atoms with E-state index in [1.807, 2.05) is 25.7 Å². The van der Waals surface area contributed by atoms with E-state index in [1.54, 1.807) is 18.1 Å². The Kier molecular flexibility index (Phi) is 4.95. The second kappa shape index (κ2) is 6.53. The van der Waals surface area contributed by atoms with Gasteiger partial charge in [0.15, 0.2) is 0 Å². The van der Waals surface area contributed by atoms with Crippen LogP contribution in [0.25, 0.3) is 0 Å². The molecule has 21 heavy (non-hydrogen) atoms. The number of hydrogen-bond donors (Lipinski definition) is 0. The molecule has 0 bridgehead atoms. The van der Waals surface area contributed by atoms with Crippen molar-refractivity contribution in [2.45, 2.75) is 26.3 Å². The second-order valence-electron chi connectivity index (χ2n) is 6.31. The molecule has 1 aliphatic rings. The van der Waals surface area contributed by atoms with Crippen molar-refractivity contribution in [1.82, 2.24) is 24.6 Å². The number of aromatic nitrogens is 3. The number of carbonyl (C=O) groups is 1. The largest absolute Gasteiger partial charge is 0.383 e. The first-order chi connectivity index (χ1) is 9.91. The first kappa shape index (κ1) is 15.9. The van der Waals surface area contributed by atoms with Crippen molar-refractivity contribution in [2.24, 2.45) is 0 Å². The van der Waals surface area contributed by atoms with Gasteiger partial charge >= 0.3 is 0 Å². The van der Waals surface area contributed by atoms with Gasteiger partial charge in [-0.2, -0.15) is 0 Å². The smallest absolute Gasteiger partial charge is 0.293 e. The average molecular weight is 295 g/mol. The van der Waals surface area contributed by atoms with Gasteiger partial charge in [0, 0.05) is 39.8 Å². The number of piperazine rings is 1. The maximum Gasteiger partial charge on any atom is 0.293 e. The third kappa shape index (κ3) is 4.01. The summed E-state index contributed by atoms with van der Waals surface area (Å²) in [5.74, 6) is 0.208. The van der Waals surface area contributed by atoms with Crippen LogP contribution < -0.4 is 0 Å². The summed E-state index contributed by atoms with van der Waals surface area (Å²) in [5, 5.41) is 4.31. The molecule has 1 aliphatic heterocycles. The molecule has 1 aromatic heterocycles. The summed E-state index contributed by atoms with van der Waals surface area (Å²) in [6.45, 7) is 10.9. The molecule has 0 spiro atoms. The molecule has 0 N–H and O–H groups in total. The van der Waals surface area contributed by atoms with Crippen LogP contribution in [0.2, 0.25) is 0 Å². The number of ether oxygens (including phenoxy) is 1. The van der Waals surface area contributed by atoms with Crippen molar-refractivity contribution in [1.29, 1.82) is 0 Å². The molecule has 2 rings (SSSR count). The van der Waals surface area contributed by atoms with Gasteiger partial charge in [0.25, 0.3) is 5.91 Å². The third-order valence-electron chi connectivity index (χ3n) is 3.64. The van der Waals surface area contributed by atoms with E-state index < -0.39 is 0 Å². The molecule has 118 valence electrons. The molecule has 7 heteroatoms. The first-order valence-electron chi connectivity index (χ1n) is 7.34. The Morgan fingerprint density at radius 2 is 1.95 bits per heavy atom. The quantitative estimate of drug-likeness (QED) is 0.806. The van der Waals surface area contributed by atoms with Crippen LogP contribution in [0, 0.1) is 0 Å². The van der Waals surface area contributed by atoms with Crippen LogP contribution in [0.4, 0.5) is 0 Å². The van der Waals surface area contributed by atoms with Crippen molar-refractivity contribution < 1.29 is 9.53 Å². The SMILES string of the molecule is COCCN1CCN(C(=O)c2ncn(C(C)(C)C)n2)CC1. The molecule has 0 saturated carbocycles. The van der Waals surface area contributed by atoms with E-state index in [0.717, 1.165) is 26.2 Å². The maximum absolute atomic E-state index is 12.4. The molecule has 0 radical (unpaired) electrons. The normalized spacial score (nSPS) is 17.2. The fourth-order valence-corrected chi connectivity index (χ4v) is 2.22. The minimum absolute atomic E-state index is 0.0793. The van der Waals surface area contributed by atoms with Gasteiger partial charge in [0.2, 0.25) is 5.82 Å². The second-order valence-corrected chi connectivity index (χ2v) is 6.31. The van der Waals surface area contributed by atoms with E-state index in [4.69, 9.17) is 4.74 Å². The van der Waals surface area contributed by atoms with Gasteiger partial charge in [-0.15, -0.1) is 5.10 Å². The Labute approximate surface area is 125 Å². The predicted octanol–water partition coefficient (Wildman–Crippen LogP) is 0.437. The van der Waals surface area contributed by atoms with Crippen LogP contribution in [-0.2, 0) is 10.3 Å². The van der Waals surface area contributed by atoms with Gasteiger partial charge < -0.3 is 9.64 Å². The highest BCUT2D eigenvalue weighted by Crippen LogP contribution is 2.12. The van der Waals surface area contributed by atoms with Crippen LogP contribution in [0.3, 0.4) is 0 Å². The number of amides is 1. The molecule has 0 atom stereocenters. The molecular formula is C14H25N5O2. The van der Waals surface area contributed by atoms with Crippen LogP contribution in [0.15, 0.2) is 6.33 Å². The summed E-state index contributed by atoms with van der Waals surface area (Å²) in [5.41, 5.74) is -0.162. The highest BCUT2D eigenvalue weighted by Gasteiger charge is 2.25. The zero-order valence-corrected chi connectivity index (χ0v) is 13.4. The molecule has 1 saturated heterocycles. The number of hydrogen-bond acceptors (Lipinski definition) is 5. The highest BCUT2D eigenvalue weighted by atomic mass is 16.5. The Hall–Kier alpha value is -1.47. The Morgan fingerprint density at radius 1 is 1.29 bits per heavy atom. The Balaban J connectivity index is 1.91. The molecule has 2 heterocycles. The molecule has 0 aliphatic carbocycles. The van der Waals surface area contributed by atoms with E-state index in [2.05, 4.69) is 15.0 Å². The Bertz CT molecular complexity index is 472. The topological polar surface area (TPSA) is 63.5 Å². The Morgan fingerprint density at radius 3 is 2.48 bits per heavy atom.